The van der Waals surface area contributed by atoms with Crippen molar-refractivity contribution in [2.24, 2.45) is 0 Å². The number of allylic oxidation sites excluding steroid dienone is 21. The van der Waals surface area contributed by atoms with Crippen LogP contribution in [0.25, 0.3) is 0 Å². The van der Waals surface area contributed by atoms with Crippen molar-refractivity contribution >= 4 is 11.9 Å². The van der Waals surface area contributed by atoms with Crippen molar-refractivity contribution in [1.29, 1.82) is 0 Å². The number of esters is 1. The predicted octanol–water partition coefficient (Wildman–Crippen LogP) is 12.5. The molecule has 0 spiro atoms. The van der Waals surface area contributed by atoms with E-state index in [0.29, 0.717) is 19.3 Å². The fraction of sp³-hybridized carbons (Fsp3) is 0.613. The first-order valence-corrected chi connectivity index (χ1v) is 28.0. The summed E-state index contributed by atoms with van der Waals surface area (Å²) in [7, 11) is 0. The zero-order valence-electron chi connectivity index (χ0n) is 45.2. The molecule has 8 unspecified atom stereocenters. The third kappa shape index (κ3) is 37.2. The first-order chi connectivity index (χ1) is 35.7. The molecule has 1 aliphatic heterocycles. The van der Waals surface area contributed by atoms with Gasteiger partial charge in [0.15, 0.2) is 12.4 Å². The molecule has 1 amide bonds. The molecule has 0 radical (unpaired) electrons. The molecule has 1 aliphatic rings. The molecular weight excluding hydrogens is 919 g/mol. The molecule has 0 bridgehead atoms. The van der Waals surface area contributed by atoms with Gasteiger partial charge in [-0.05, 0) is 83.5 Å². The van der Waals surface area contributed by atoms with Gasteiger partial charge in [-0.25, -0.2) is 0 Å². The van der Waals surface area contributed by atoms with E-state index < -0.39 is 67.4 Å². The monoisotopic (exact) mass is 1020 g/mol. The Morgan fingerprint density at radius 2 is 1.05 bits per heavy atom. The third-order valence-corrected chi connectivity index (χ3v) is 12.2. The van der Waals surface area contributed by atoms with E-state index in [1.807, 2.05) is 60.8 Å². The quantitative estimate of drug-likeness (QED) is 0.0149. The lowest BCUT2D eigenvalue weighted by atomic mass is 9.99. The van der Waals surface area contributed by atoms with Gasteiger partial charge in [0.2, 0.25) is 5.91 Å². The largest absolute Gasteiger partial charge is 0.454 e. The van der Waals surface area contributed by atoms with Crippen LogP contribution < -0.4 is 5.32 Å². The third-order valence-electron chi connectivity index (χ3n) is 12.2. The highest BCUT2D eigenvalue weighted by atomic mass is 16.7. The second kappa shape index (κ2) is 48.7. The minimum absolute atomic E-state index is 0.0149. The molecule has 0 aromatic heterocycles. The topological polar surface area (TPSA) is 175 Å². The summed E-state index contributed by atoms with van der Waals surface area (Å²) in [6, 6.07) is -1.07. The lowest BCUT2D eigenvalue weighted by Gasteiger charge is -2.41. The van der Waals surface area contributed by atoms with Gasteiger partial charge < -0.3 is 45.1 Å². The Morgan fingerprint density at radius 3 is 1.63 bits per heavy atom. The minimum Gasteiger partial charge on any atom is -0.454 e. The van der Waals surface area contributed by atoms with Crippen LogP contribution in [0.5, 0.6) is 0 Å². The van der Waals surface area contributed by atoms with Crippen molar-refractivity contribution in [3.8, 4) is 0 Å². The summed E-state index contributed by atoms with van der Waals surface area (Å²) in [5.41, 5.74) is 0. The maximum absolute atomic E-state index is 13.4. The standard InChI is InChI=1S/C62H99NO10/c1-4-7-10-13-16-19-22-25-26-27-28-29-32-34-37-40-43-46-49-55(66)61(70)63-53(54(65)48-45-42-39-36-33-30-23-20-17-14-11-8-5-2)52-71-62-60(59(69)58(68)56(51-64)72-62)73-57(67)50-47-44-41-38-35-31-24-21-18-15-12-9-6-3/h7,9-10,12,15-16,18-19,21,24-26,28-29,31,34-35,37-38,41,45,48,53-56,58-60,62,64-66,68-69H,4-6,8,11,13-14,17,20,22-23,27,30,32-33,36,39-40,42-44,46-47,49-52H2,1-3H3,(H,63,70)/b10-7-,12-9+,18-15+,19-16-,24-21-,26-25-,29-28-,35-31-,37-34-,41-38+,48-45+. The number of carbonyl (C=O) groups excluding carboxylic acids is 2. The van der Waals surface area contributed by atoms with Crippen LogP contribution >= 0.6 is 0 Å². The van der Waals surface area contributed by atoms with Crippen molar-refractivity contribution in [2.45, 2.75) is 230 Å². The van der Waals surface area contributed by atoms with Crippen molar-refractivity contribution in [3.05, 3.63) is 134 Å². The van der Waals surface area contributed by atoms with Gasteiger partial charge in [0.1, 0.15) is 24.4 Å². The molecule has 73 heavy (non-hydrogen) atoms. The van der Waals surface area contributed by atoms with Gasteiger partial charge in [-0.15, -0.1) is 0 Å². The van der Waals surface area contributed by atoms with E-state index >= 15 is 0 Å². The number of rotatable bonds is 44. The second-order valence-corrected chi connectivity index (χ2v) is 18.7. The Balaban J connectivity index is 2.83. The number of aliphatic hydroxyl groups excluding tert-OH is 5. The molecular formula is C62H99NO10. The lowest BCUT2D eigenvalue weighted by Crippen LogP contribution is -2.61. The van der Waals surface area contributed by atoms with Crippen LogP contribution in [-0.2, 0) is 23.8 Å². The van der Waals surface area contributed by atoms with E-state index in [1.165, 1.54) is 51.4 Å². The van der Waals surface area contributed by atoms with Crippen molar-refractivity contribution < 1.29 is 49.3 Å². The molecule has 6 N–H and O–H groups in total. The second-order valence-electron chi connectivity index (χ2n) is 18.7. The van der Waals surface area contributed by atoms with Crippen LogP contribution in [0, 0.1) is 0 Å². The lowest BCUT2D eigenvalue weighted by molar-refractivity contribution is -0.305. The average Bonchev–Trinajstić information content (AvgIpc) is 3.39. The Hall–Kier alpha value is -4.20. The van der Waals surface area contributed by atoms with Crippen LogP contribution in [0.15, 0.2) is 134 Å². The van der Waals surface area contributed by atoms with E-state index in [2.05, 4.69) is 92.9 Å². The Labute approximate surface area is 442 Å². The highest BCUT2D eigenvalue weighted by Gasteiger charge is 2.47. The summed E-state index contributed by atoms with van der Waals surface area (Å²) in [6.07, 6.45) is 57.9. The van der Waals surface area contributed by atoms with Crippen molar-refractivity contribution in [1.82, 2.24) is 5.32 Å². The summed E-state index contributed by atoms with van der Waals surface area (Å²) in [4.78, 5) is 26.4. The normalized spacial score (nSPS) is 20.5. The fourth-order valence-electron chi connectivity index (χ4n) is 7.76. The number of hydrogen-bond donors (Lipinski definition) is 6. The number of nitrogens with one attached hydrogen (secondary N) is 1. The SMILES string of the molecule is CC/C=C\C/C=C\C/C=C\C/C=C\C/C=C\CCCCC(O)C(=O)NC(COC1OC(CO)C(O)C(O)C1OC(=O)CCC/C=C/C=C\C=C/C=C/C=C/CC)C(O)/C=C/CCCCCCCCCCCCC. The Kier molecular flexibility index (Phi) is 44.6. The number of ether oxygens (including phenoxy) is 3. The number of carbonyl (C=O) groups is 2. The summed E-state index contributed by atoms with van der Waals surface area (Å²) in [6.45, 7) is 5.43. The van der Waals surface area contributed by atoms with Gasteiger partial charge in [0, 0.05) is 6.42 Å². The molecule has 11 nitrogen and oxygen atoms in total. The van der Waals surface area contributed by atoms with Crippen LogP contribution in [0.4, 0.5) is 0 Å². The molecule has 1 heterocycles. The van der Waals surface area contributed by atoms with Crippen molar-refractivity contribution in [3.63, 3.8) is 0 Å². The minimum atomic E-state index is -1.66. The summed E-state index contributed by atoms with van der Waals surface area (Å²) < 4.78 is 17.4. The maximum Gasteiger partial charge on any atom is 0.306 e. The van der Waals surface area contributed by atoms with Crippen molar-refractivity contribution in [2.75, 3.05) is 13.2 Å². The summed E-state index contributed by atoms with van der Waals surface area (Å²) in [5, 5.41) is 56.7. The smallest absolute Gasteiger partial charge is 0.306 e. The zero-order chi connectivity index (χ0) is 53.3. The van der Waals surface area contributed by atoms with Crippen LogP contribution in [0.3, 0.4) is 0 Å². The van der Waals surface area contributed by atoms with Gasteiger partial charge in [0.05, 0.1) is 25.4 Å². The molecule has 11 heteroatoms. The van der Waals surface area contributed by atoms with E-state index in [-0.39, 0.29) is 19.4 Å². The van der Waals surface area contributed by atoms with Gasteiger partial charge in [-0.3, -0.25) is 9.59 Å². The molecule has 412 valence electrons. The molecule has 0 aromatic rings. The highest BCUT2D eigenvalue weighted by molar-refractivity contribution is 5.80. The van der Waals surface area contributed by atoms with Gasteiger partial charge in [0.25, 0.3) is 0 Å². The number of unbranched alkanes of at least 4 members (excludes halogenated alkanes) is 14. The molecule has 1 saturated heterocycles. The number of aliphatic hydroxyl groups is 5. The predicted molar refractivity (Wildman–Crippen MR) is 301 cm³/mol. The number of hydrogen-bond acceptors (Lipinski definition) is 10. The van der Waals surface area contributed by atoms with Gasteiger partial charge in [-0.2, -0.15) is 0 Å². The van der Waals surface area contributed by atoms with E-state index in [4.69, 9.17) is 14.2 Å². The molecule has 0 aromatic carbocycles. The van der Waals surface area contributed by atoms with E-state index in [9.17, 15) is 35.1 Å². The molecule has 0 saturated carbocycles. The average molecular weight is 1020 g/mol. The van der Waals surface area contributed by atoms with Crippen LogP contribution in [0.1, 0.15) is 181 Å². The first-order valence-electron chi connectivity index (χ1n) is 28.0. The maximum atomic E-state index is 13.4. The summed E-state index contributed by atoms with van der Waals surface area (Å²) >= 11 is 0. The Bertz CT molecular complexity index is 1690. The Morgan fingerprint density at radius 1 is 0.562 bits per heavy atom. The molecule has 8 atom stereocenters. The molecule has 1 fully saturated rings. The summed E-state index contributed by atoms with van der Waals surface area (Å²) in [5.74, 6) is -1.32. The molecule has 0 aliphatic carbocycles. The van der Waals surface area contributed by atoms with E-state index in [1.54, 1.807) is 6.08 Å². The highest BCUT2D eigenvalue weighted by Crippen LogP contribution is 2.26. The zero-order valence-corrected chi connectivity index (χ0v) is 45.2. The van der Waals surface area contributed by atoms with Gasteiger partial charge >= 0.3 is 5.97 Å². The van der Waals surface area contributed by atoms with Crippen LogP contribution in [0.2, 0.25) is 0 Å². The van der Waals surface area contributed by atoms with Gasteiger partial charge in [-0.1, -0.05) is 225 Å². The van der Waals surface area contributed by atoms with Crippen LogP contribution in [-0.4, -0.2) is 99.6 Å². The fourth-order valence-corrected chi connectivity index (χ4v) is 7.76. The molecule has 1 rings (SSSR count). The van der Waals surface area contributed by atoms with E-state index in [0.717, 1.165) is 77.0 Å². The first kappa shape index (κ1) is 66.8. The number of amides is 1.